The first-order chi connectivity index (χ1) is 16.5. The van der Waals surface area contributed by atoms with E-state index in [9.17, 15) is 0 Å². The molecule has 0 bridgehead atoms. The summed E-state index contributed by atoms with van der Waals surface area (Å²) < 4.78 is 2.21. The van der Waals surface area contributed by atoms with Crippen LogP contribution in [0.5, 0.6) is 0 Å². The minimum absolute atomic E-state index is 0.0590. The van der Waals surface area contributed by atoms with Crippen LogP contribution in [0.1, 0.15) is 34.7 Å². The molecule has 2 atom stereocenters. The Balaban J connectivity index is 1.65. The summed E-state index contributed by atoms with van der Waals surface area (Å²) in [5.74, 6) is 0.911. The van der Waals surface area contributed by atoms with Gasteiger partial charge in [0.25, 0.3) is 0 Å². The zero-order valence-electron chi connectivity index (χ0n) is 19.8. The summed E-state index contributed by atoms with van der Waals surface area (Å²) in [5, 5.41) is 4.26. The fourth-order valence-corrected chi connectivity index (χ4v) is 5.13. The molecule has 0 aliphatic carbocycles. The highest BCUT2D eigenvalue weighted by Gasteiger charge is 2.42. The van der Waals surface area contributed by atoms with Gasteiger partial charge in [-0.15, -0.1) is 0 Å². The van der Waals surface area contributed by atoms with Crippen molar-refractivity contribution in [2.24, 2.45) is 0 Å². The molecule has 1 N–H and O–H groups in total. The summed E-state index contributed by atoms with van der Waals surface area (Å²) in [7, 11) is 4.09. The number of nitrogens with one attached hydrogen (secondary N) is 1. The van der Waals surface area contributed by atoms with Crippen molar-refractivity contribution in [3.63, 3.8) is 0 Å². The van der Waals surface area contributed by atoms with Crippen LogP contribution in [0.15, 0.2) is 79.1 Å². The Labute approximate surface area is 205 Å². The number of hydrogen-bond donors (Lipinski definition) is 1. The topological polar surface area (TPSA) is 49.2 Å². The molecule has 6 nitrogen and oxygen atoms in total. The van der Waals surface area contributed by atoms with E-state index in [1.165, 1.54) is 5.56 Å². The van der Waals surface area contributed by atoms with E-state index in [4.69, 9.17) is 12.2 Å². The highest BCUT2D eigenvalue weighted by molar-refractivity contribution is 7.80. The molecule has 0 radical (unpaired) electrons. The second-order valence-electron chi connectivity index (χ2n) is 8.76. The number of thiocarbonyl (C=S) groups is 1. The molecule has 0 amide bonds. The van der Waals surface area contributed by atoms with E-state index in [1.54, 1.807) is 0 Å². The van der Waals surface area contributed by atoms with Crippen LogP contribution in [0.4, 0.5) is 11.4 Å². The van der Waals surface area contributed by atoms with E-state index in [0.717, 1.165) is 34.3 Å². The van der Waals surface area contributed by atoms with Crippen LogP contribution < -0.4 is 15.1 Å². The number of aryl methyl sites for hydroxylation is 1. The first-order valence-corrected chi connectivity index (χ1v) is 11.7. The van der Waals surface area contributed by atoms with Crippen molar-refractivity contribution in [1.29, 1.82) is 0 Å². The lowest BCUT2D eigenvalue weighted by Crippen LogP contribution is -2.29. The van der Waals surface area contributed by atoms with E-state index >= 15 is 0 Å². The van der Waals surface area contributed by atoms with Crippen LogP contribution in [0.2, 0.25) is 0 Å². The molecule has 1 aliphatic heterocycles. The second-order valence-corrected chi connectivity index (χ2v) is 9.14. The van der Waals surface area contributed by atoms with Crippen molar-refractivity contribution in [3.05, 3.63) is 102 Å². The highest BCUT2D eigenvalue weighted by Crippen LogP contribution is 2.43. The summed E-state index contributed by atoms with van der Waals surface area (Å²) in [5.41, 5.74) is 6.63. The van der Waals surface area contributed by atoms with E-state index in [-0.39, 0.29) is 12.1 Å². The van der Waals surface area contributed by atoms with Gasteiger partial charge >= 0.3 is 0 Å². The molecule has 1 aromatic carbocycles. The SMILES string of the molecule is Cc1cc(C2C(c3ccccn3)NC(=S)N2c2ccc(N(C)C)cc2)c(C)n1-c1ccccn1. The minimum atomic E-state index is -0.0834. The number of pyridine rings is 2. The van der Waals surface area contributed by atoms with Gasteiger partial charge in [-0.05, 0) is 86.2 Å². The summed E-state index contributed by atoms with van der Waals surface area (Å²) >= 11 is 5.89. The third-order valence-electron chi connectivity index (χ3n) is 6.41. The van der Waals surface area contributed by atoms with Crippen molar-refractivity contribution in [2.45, 2.75) is 25.9 Å². The van der Waals surface area contributed by atoms with Gasteiger partial charge in [0.1, 0.15) is 5.82 Å². The normalized spacial score (nSPS) is 17.6. The molecular weight excluding hydrogens is 440 g/mol. The number of hydrogen-bond acceptors (Lipinski definition) is 4. The minimum Gasteiger partial charge on any atom is -0.378 e. The summed E-state index contributed by atoms with van der Waals surface area (Å²) in [6.45, 7) is 4.28. The first kappa shape index (κ1) is 22.1. The Hall–Kier alpha value is -3.71. The maximum Gasteiger partial charge on any atom is 0.174 e. The van der Waals surface area contributed by atoms with Gasteiger partial charge in [-0.1, -0.05) is 12.1 Å². The van der Waals surface area contributed by atoms with Crippen molar-refractivity contribution in [1.82, 2.24) is 19.9 Å². The monoisotopic (exact) mass is 468 g/mol. The fourth-order valence-electron chi connectivity index (χ4n) is 4.79. The summed E-state index contributed by atoms with van der Waals surface area (Å²) in [6, 6.07) is 22.6. The quantitative estimate of drug-likeness (QED) is 0.410. The molecule has 7 heteroatoms. The Morgan fingerprint density at radius 1 is 0.912 bits per heavy atom. The summed E-state index contributed by atoms with van der Waals surface area (Å²) in [4.78, 5) is 13.6. The Morgan fingerprint density at radius 2 is 1.62 bits per heavy atom. The van der Waals surface area contributed by atoms with Crippen molar-refractivity contribution in [2.75, 3.05) is 23.9 Å². The fraction of sp³-hybridized carbons (Fsp3) is 0.222. The van der Waals surface area contributed by atoms with Crippen LogP contribution in [0.3, 0.4) is 0 Å². The van der Waals surface area contributed by atoms with Crippen molar-refractivity contribution < 1.29 is 0 Å². The lowest BCUT2D eigenvalue weighted by atomic mass is 9.96. The molecule has 0 spiro atoms. The zero-order valence-corrected chi connectivity index (χ0v) is 20.6. The Bertz CT molecular complexity index is 1300. The standard InChI is InChI=1S/C27H28N6S/c1-18-17-22(19(2)32(18)24-10-6-8-16-29-24)26-25(23-9-5-7-15-28-23)30-27(34)33(26)21-13-11-20(12-14-21)31(3)4/h5-17,25-26H,1-4H3,(H,30,34). The van der Waals surface area contributed by atoms with Crippen molar-refractivity contribution in [3.8, 4) is 5.82 Å². The van der Waals surface area contributed by atoms with E-state index in [1.807, 2.05) is 56.8 Å². The van der Waals surface area contributed by atoms with Gasteiger partial charge in [0.15, 0.2) is 5.11 Å². The predicted octanol–water partition coefficient (Wildman–Crippen LogP) is 5.13. The van der Waals surface area contributed by atoms with Gasteiger partial charge < -0.3 is 19.7 Å². The van der Waals surface area contributed by atoms with E-state index < -0.39 is 0 Å². The maximum atomic E-state index is 5.89. The van der Waals surface area contributed by atoms with Gasteiger partial charge in [0, 0.05) is 49.3 Å². The molecule has 0 saturated carbocycles. The van der Waals surface area contributed by atoms with Crippen LogP contribution >= 0.6 is 12.2 Å². The Kier molecular flexibility index (Phi) is 5.79. The highest BCUT2D eigenvalue weighted by atomic mass is 32.1. The molecule has 34 heavy (non-hydrogen) atoms. The average molecular weight is 469 g/mol. The smallest absolute Gasteiger partial charge is 0.174 e. The number of nitrogens with zero attached hydrogens (tertiary/aromatic N) is 5. The molecule has 1 aliphatic rings. The van der Waals surface area contributed by atoms with Gasteiger partial charge in [-0.3, -0.25) is 4.98 Å². The molecule has 172 valence electrons. The van der Waals surface area contributed by atoms with E-state index in [0.29, 0.717) is 5.11 Å². The van der Waals surface area contributed by atoms with Crippen LogP contribution in [0, 0.1) is 13.8 Å². The molecule has 3 aromatic heterocycles. The van der Waals surface area contributed by atoms with Gasteiger partial charge in [0.2, 0.25) is 0 Å². The van der Waals surface area contributed by atoms with Gasteiger partial charge in [-0.25, -0.2) is 4.98 Å². The lowest BCUT2D eigenvalue weighted by molar-refractivity contribution is 0.565. The lowest BCUT2D eigenvalue weighted by Gasteiger charge is -2.28. The largest absolute Gasteiger partial charge is 0.378 e. The maximum absolute atomic E-state index is 5.89. The molecule has 1 saturated heterocycles. The average Bonchev–Trinajstić information content (AvgIpc) is 3.35. The van der Waals surface area contributed by atoms with Crippen molar-refractivity contribution >= 4 is 28.7 Å². The molecule has 4 aromatic rings. The van der Waals surface area contributed by atoms with Crippen LogP contribution in [-0.4, -0.2) is 33.7 Å². The van der Waals surface area contributed by atoms with Crippen LogP contribution in [-0.2, 0) is 0 Å². The van der Waals surface area contributed by atoms with Gasteiger partial charge in [0.05, 0.1) is 17.8 Å². The Morgan fingerprint density at radius 3 is 2.24 bits per heavy atom. The second kappa shape index (κ2) is 8.91. The molecular formula is C27H28N6S. The first-order valence-electron chi connectivity index (χ1n) is 11.3. The third kappa shape index (κ3) is 3.82. The molecule has 1 fully saturated rings. The molecule has 4 heterocycles. The molecule has 5 rings (SSSR count). The molecule has 2 unspecified atom stereocenters. The number of benzene rings is 1. The third-order valence-corrected chi connectivity index (χ3v) is 6.72. The zero-order chi connectivity index (χ0) is 23.8. The number of anilines is 2. The summed E-state index contributed by atoms with van der Waals surface area (Å²) in [6.07, 6.45) is 3.66. The number of aromatic nitrogens is 3. The van der Waals surface area contributed by atoms with Crippen LogP contribution in [0.25, 0.3) is 5.82 Å². The number of rotatable bonds is 5. The van der Waals surface area contributed by atoms with E-state index in [2.05, 4.69) is 79.9 Å². The predicted molar refractivity (Wildman–Crippen MR) is 142 cm³/mol. The van der Waals surface area contributed by atoms with Gasteiger partial charge in [-0.2, -0.15) is 0 Å².